The summed E-state index contributed by atoms with van der Waals surface area (Å²) in [4.78, 5) is 15.3. The van der Waals surface area contributed by atoms with E-state index in [0.717, 1.165) is 43.1 Å². The summed E-state index contributed by atoms with van der Waals surface area (Å²) in [7, 11) is 6.80. The number of carbonyl (C=O) groups excluding carboxylic acids is 1. The number of likely N-dealkylation sites (tertiary alicyclic amines) is 1. The Kier molecular flexibility index (Phi) is 7.54. The molecule has 34 heavy (non-hydrogen) atoms. The highest BCUT2D eigenvalue weighted by Gasteiger charge is 2.25. The number of rotatable bonds is 8. The van der Waals surface area contributed by atoms with Crippen molar-refractivity contribution in [1.29, 1.82) is 0 Å². The molecule has 1 fully saturated rings. The van der Waals surface area contributed by atoms with Crippen LogP contribution in [0.5, 0.6) is 17.2 Å². The van der Waals surface area contributed by atoms with Gasteiger partial charge < -0.3 is 24.1 Å². The Labute approximate surface area is 205 Å². The van der Waals surface area contributed by atoms with Gasteiger partial charge in [-0.25, -0.2) is 0 Å². The van der Waals surface area contributed by atoms with Crippen LogP contribution in [0.25, 0.3) is 10.9 Å². The molecule has 2 aromatic carbocycles. The lowest BCUT2D eigenvalue weighted by Crippen LogP contribution is -2.40. The highest BCUT2D eigenvalue weighted by atomic mass is 35.5. The Morgan fingerprint density at radius 1 is 1.06 bits per heavy atom. The van der Waals surface area contributed by atoms with Crippen molar-refractivity contribution in [3.05, 3.63) is 52.7 Å². The van der Waals surface area contributed by atoms with Gasteiger partial charge in [0.2, 0.25) is 11.7 Å². The first-order valence-corrected chi connectivity index (χ1v) is 11.8. The van der Waals surface area contributed by atoms with Gasteiger partial charge in [-0.2, -0.15) is 0 Å². The number of benzene rings is 2. The fourth-order valence-corrected chi connectivity index (χ4v) is 4.91. The standard InChI is InChI=1S/C26H32ClN3O4/c1-29-15-19(21-13-20(27)5-6-22(21)29)16-30-9-7-18(8-10-30)26(31)28-14-17-11-23(32-2)25(34-4)24(12-17)33-3/h5-6,11-13,15,18H,7-10,14,16H2,1-4H3,(H,28,31). The Bertz CT molecular complexity index is 1140. The minimum Gasteiger partial charge on any atom is -0.493 e. The highest BCUT2D eigenvalue weighted by Crippen LogP contribution is 2.38. The fraction of sp³-hybridized carbons (Fsp3) is 0.423. The topological polar surface area (TPSA) is 65.0 Å². The molecule has 0 atom stereocenters. The van der Waals surface area contributed by atoms with Crippen LogP contribution in [-0.2, 0) is 24.9 Å². The number of hydrogen-bond acceptors (Lipinski definition) is 5. The Hall–Kier alpha value is -2.90. The Morgan fingerprint density at radius 3 is 2.35 bits per heavy atom. The first-order valence-electron chi connectivity index (χ1n) is 11.5. The van der Waals surface area contributed by atoms with E-state index in [1.807, 2.05) is 24.3 Å². The second-order valence-corrected chi connectivity index (χ2v) is 9.16. The van der Waals surface area contributed by atoms with E-state index in [1.54, 1.807) is 21.3 Å². The minimum atomic E-state index is 0.0141. The molecule has 1 saturated heterocycles. The molecular weight excluding hydrogens is 454 g/mol. The number of fused-ring (bicyclic) bond motifs is 1. The summed E-state index contributed by atoms with van der Waals surface area (Å²) < 4.78 is 18.3. The number of amides is 1. The molecule has 4 rings (SSSR count). The normalized spacial score (nSPS) is 14.9. The van der Waals surface area contributed by atoms with Gasteiger partial charge in [-0.05, 0) is 67.4 Å². The molecule has 3 aromatic rings. The zero-order valence-electron chi connectivity index (χ0n) is 20.2. The molecule has 182 valence electrons. The highest BCUT2D eigenvalue weighted by molar-refractivity contribution is 6.31. The maximum atomic E-state index is 12.8. The average Bonchev–Trinajstić information content (AvgIpc) is 3.16. The van der Waals surface area contributed by atoms with Crippen LogP contribution in [0.4, 0.5) is 0 Å². The molecule has 0 aliphatic carbocycles. The molecule has 1 aliphatic heterocycles. The molecule has 2 heterocycles. The van der Waals surface area contributed by atoms with E-state index < -0.39 is 0 Å². The van der Waals surface area contributed by atoms with Gasteiger partial charge >= 0.3 is 0 Å². The lowest BCUT2D eigenvalue weighted by molar-refractivity contribution is -0.126. The van der Waals surface area contributed by atoms with Crippen molar-refractivity contribution in [3.63, 3.8) is 0 Å². The van der Waals surface area contributed by atoms with Gasteiger partial charge in [0.05, 0.1) is 21.3 Å². The molecule has 8 heteroatoms. The zero-order chi connectivity index (χ0) is 24.2. The van der Waals surface area contributed by atoms with Crippen LogP contribution in [-0.4, -0.2) is 49.8 Å². The van der Waals surface area contributed by atoms with Crippen molar-refractivity contribution >= 4 is 28.4 Å². The van der Waals surface area contributed by atoms with Crippen molar-refractivity contribution in [2.24, 2.45) is 13.0 Å². The number of piperidine rings is 1. The van der Waals surface area contributed by atoms with Crippen LogP contribution in [0.2, 0.25) is 5.02 Å². The smallest absolute Gasteiger partial charge is 0.223 e. The van der Waals surface area contributed by atoms with E-state index in [-0.39, 0.29) is 11.8 Å². The lowest BCUT2D eigenvalue weighted by atomic mass is 9.95. The van der Waals surface area contributed by atoms with Crippen LogP contribution in [0.1, 0.15) is 24.0 Å². The second-order valence-electron chi connectivity index (χ2n) is 8.73. The van der Waals surface area contributed by atoms with Gasteiger partial charge in [-0.15, -0.1) is 0 Å². The maximum absolute atomic E-state index is 12.8. The van der Waals surface area contributed by atoms with Crippen LogP contribution in [0.3, 0.4) is 0 Å². The summed E-state index contributed by atoms with van der Waals surface area (Å²) in [5.41, 5.74) is 3.35. The molecule has 1 amide bonds. The number of hydrogen-bond donors (Lipinski definition) is 1. The first-order chi connectivity index (χ1) is 16.4. The molecule has 0 bridgehead atoms. The number of ether oxygens (including phenoxy) is 3. The summed E-state index contributed by atoms with van der Waals surface area (Å²) in [6, 6.07) is 9.75. The molecular formula is C26H32ClN3O4. The predicted octanol–water partition coefficient (Wildman–Crippen LogP) is 4.39. The molecule has 0 saturated carbocycles. The van der Waals surface area contributed by atoms with Gasteiger partial charge in [0.1, 0.15) is 0 Å². The van der Waals surface area contributed by atoms with Crippen LogP contribution >= 0.6 is 11.6 Å². The number of aryl methyl sites for hydroxylation is 1. The minimum absolute atomic E-state index is 0.0141. The van der Waals surface area contributed by atoms with Gasteiger partial charge in [0, 0.05) is 48.2 Å². The summed E-state index contributed by atoms with van der Waals surface area (Å²) in [6.45, 7) is 3.04. The Balaban J connectivity index is 1.33. The average molecular weight is 486 g/mol. The number of halogens is 1. The summed E-state index contributed by atoms with van der Waals surface area (Å²) in [6.07, 6.45) is 3.86. The van der Waals surface area contributed by atoms with E-state index in [9.17, 15) is 4.79 Å². The first kappa shape index (κ1) is 24.2. The van der Waals surface area contributed by atoms with E-state index in [2.05, 4.69) is 34.1 Å². The van der Waals surface area contributed by atoms with E-state index in [1.165, 1.54) is 16.5 Å². The third-order valence-corrected chi connectivity index (χ3v) is 6.81. The number of nitrogens with zero attached hydrogens (tertiary/aromatic N) is 2. The predicted molar refractivity (Wildman–Crippen MR) is 134 cm³/mol. The molecule has 0 radical (unpaired) electrons. The number of nitrogens with one attached hydrogen (secondary N) is 1. The van der Waals surface area contributed by atoms with Crippen LogP contribution < -0.4 is 19.5 Å². The Morgan fingerprint density at radius 2 is 1.74 bits per heavy atom. The van der Waals surface area contributed by atoms with Crippen LogP contribution in [0, 0.1) is 5.92 Å². The number of aromatic nitrogens is 1. The lowest BCUT2D eigenvalue weighted by Gasteiger charge is -2.31. The van der Waals surface area contributed by atoms with Crippen LogP contribution in [0.15, 0.2) is 36.5 Å². The van der Waals surface area contributed by atoms with Crippen molar-refractivity contribution in [2.75, 3.05) is 34.4 Å². The quantitative estimate of drug-likeness (QED) is 0.512. The number of methoxy groups -OCH3 is 3. The summed E-state index contributed by atoms with van der Waals surface area (Å²) in [5.74, 6) is 1.80. The van der Waals surface area contributed by atoms with Gasteiger partial charge in [-0.1, -0.05) is 11.6 Å². The monoisotopic (exact) mass is 485 g/mol. The summed E-state index contributed by atoms with van der Waals surface area (Å²) in [5, 5.41) is 5.03. The molecule has 0 spiro atoms. The van der Waals surface area contributed by atoms with Crippen molar-refractivity contribution in [3.8, 4) is 17.2 Å². The molecule has 0 unspecified atom stereocenters. The third-order valence-electron chi connectivity index (χ3n) is 6.58. The van der Waals surface area contributed by atoms with Crippen molar-refractivity contribution < 1.29 is 19.0 Å². The van der Waals surface area contributed by atoms with Gasteiger partial charge in [0.25, 0.3) is 0 Å². The molecule has 1 aliphatic rings. The van der Waals surface area contributed by atoms with Crippen molar-refractivity contribution in [1.82, 2.24) is 14.8 Å². The molecule has 1 aromatic heterocycles. The second kappa shape index (κ2) is 10.6. The van der Waals surface area contributed by atoms with E-state index in [4.69, 9.17) is 25.8 Å². The van der Waals surface area contributed by atoms with E-state index in [0.29, 0.717) is 23.8 Å². The summed E-state index contributed by atoms with van der Waals surface area (Å²) >= 11 is 6.23. The molecule has 1 N–H and O–H groups in total. The maximum Gasteiger partial charge on any atom is 0.223 e. The SMILES string of the molecule is COc1cc(CNC(=O)C2CCN(Cc3cn(C)c4ccc(Cl)cc34)CC2)cc(OC)c1OC. The zero-order valence-corrected chi connectivity index (χ0v) is 20.9. The third kappa shape index (κ3) is 5.10. The van der Waals surface area contributed by atoms with E-state index >= 15 is 0 Å². The number of carbonyl (C=O) groups is 1. The van der Waals surface area contributed by atoms with Gasteiger partial charge in [0.15, 0.2) is 11.5 Å². The fourth-order valence-electron chi connectivity index (χ4n) is 4.74. The largest absolute Gasteiger partial charge is 0.493 e. The van der Waals surface area contributed by atoms with Gasteiger partial charge in [-0.3, -0.25) is 9.69 Å². The molecule has 7 nitrogen and oxygen atoms in total. The van der Waals surface area contributed by atoms with Crippen molar-refractivity contribution in [2.45, 2.75) is 25.9 Å².